The first-order chi connectivity index (χ1) is 12.0. The number of hydrogen-bond donors (Lipinski definition) is 2. The number of imide groups is 1. The molecule has 0 aliphatic carbocycles. The summed E-state index contributed by atoms with van der Waals surface area (Å²) in [6, 6.07) is 8.56. The number of alkyl carbamates (subject to hydrolysis) is 1. The summed E-state index contributed by atoms with van der Waals surface area (Å²) in [6.45, 7) is 0.422. The van der Waals surface area contributed by atoms with E-state index in [0.717, 1.165) is 10.5 Å². The van der Waals surface area contributed by atoms with Crippen molar-refractivity contribution >= 4 is 23.9 Å². The maximum Gasteiger partial charge on any atom is 0.414 e. The monoisotopic (exact) mass is 348 g/mol. The number of hydrogen-bond acceptors (Lipinski definition) is 5. The van der Waals surface area contributed by atoms with Gasteiger partial charge in [0.05, 0.1) is 12.5 Å². The van der Waals surface area contributed by atoms with Gasteiger partial charge in [0.25, 0.3) is 0 Å². The molecule has 1 unspecified atom stereocenters. The number of nitrogens with zero attached hydrogens (tertiary/aromatic N) is 1. The van der Waals surface area contributed by atoms with Gasteiger partial charge < -0.3 is 15.2 Å². The van der Waals surface area contributed by atoms with E-state index < -0.39 is 24.1 Å². The number of benzene rings is 1. The van der Waals surface area contributed by atoms with Crippen LogP contribution in [0.25, 0.3) is 0 Å². The van der Waals surface area contributed by atoms with E-state index in [-0.39, 0.29) is 31.8 Å². The molecule has 1 atom stereocenters. The second-order valence-electron chi connectivity index (χ2n) is 5.75. The average molecular weight is 348 g/mol. The number of carbonyl (C=O) groups is 4. The molecule has 1 fully saturated rings. The number of ether oxygens (including phenoxy) is 1. The first-order valence-electron chi connectivity index (χ1n) is 7.98. The van der Waals surface area contributed by atoms with Gasteiger partial charge in [0, 0.05) is 13.0 Å². The Hall–Kier alpha value is -2.90. The van der Waals surface area contributed by atoms with Crippen molar-refractivity contribution in [3.63, 3.8) is 0 Å². The third-order valence-corrected chi connectivity index (χ3v) is 3.85. The van der Waals surface area contributed by atoms with Crippen molar-refractivity contribution < 1.29 is 29.0 Å². The van der Waals surface area contributed by atoms with Crippen molar-refractivity contribution in [3.8, 4) is 0 Å². The second-order valence-corrected chi connectivity index (χ2v) is 5.75. The molecular formula is C17H20N2O6. The Morgan fingerprint density at radius 1 is 1.24 bits per heavy atom. The zero-order valence-corrected chi connectivity index (χ0v) is 13.6. The number of piperidine rings is 1. The van der Waals surface area contributed by atoms with Crippen molar-refractivity contribution in [2.75, 3.05) is 6.54 Å². The van der Waals surface area contributed by atoms with Crippen LogP contribution in [0.2, 0.25) is 0 Å². The lowest BCUT2D eigenvalue weighted by Gasteiger charge is -2.31. The summed E-state index contributed by atoms with van der Waals surface area (Å²) in [7, 11) is 0. The SMILES string of the molecule is O=C1CC(=O)N(C(=O)O)C(CCCNC(=O)OCc2ccccc2)C1. The highest BCUT2D eigenvalue weighted by Gasteiger charge is 2.36. The standard InChI is InChI=1S/C17H20N2O6/c20-14-9-13(19(17(23)24)15(21)10-14)7-4-8-18-16(22)25-11-12-5-2-1-3-6-12/h1-3,5-6,13H,4,7-11H2,(H,18,22)(H,23,24). The van der Waals surface area contributed by atoms with Gasteiger partial charge in [-0.05, 0) is 18.4 Å². The highest BCUT2D eigenvalue weighted by molar-refractivity contribution is 6.06. The largest absolute Gasteiger partial charge is 0.465 e. The fraction of sp³-hybridized carbons (Fsp3) is 0.412. The lowest BCUT2D eigenvalue weighted by atomic mass is 9.97. The maximum atomic E-state index is 11.7. The Morgan fingerprint density at radius 3 is 2.64 bits per heavy atom. The predicted molar refractivity (Wildman–Crippen MR) is 86.8 cm³/mol. The average Bonchev–Trinajstić information content (AvgIpc) is 2.57. The van der Waals surface area contributed by atoms with Crippen LogP contribution < -0.4 is 5.32 Å². The fourth-order valence-electron chi connectivity index (χ4n) is 2.68. The number of amides is 3. The quantitative estimate of drug-likeness (QED) is 0.600. The Bertz CT molecular complexity index is 646. The van der Waals surface area contributed by atoms with Crippen LogP contribution in [-0.2, 0) is 20.9 Å². The van der Waals surface area contributed by atoms with Crippen LogP contribution in [0.1, 0.15) is 31.2 Å². The summed E-state index contributed by atoms with van der Waals surface area (Å²) in [5, 5.41) is 11.7. The number of rotatable bonds is 6. The van der Waals surface area contributed by atoms with Crippen LogP contribution in [0.3, 0.4) is 0 Å². The number of likely N-dealkylation sites (tertiary alicyclic amines) is 1. The summed E-state index contributed by atoms with van der Waals surface area (Å²) < 4.78 is 5.05. The highest BCUT2D eigenvalue weighted by Crippen LogP contribution is 2.19. The van der Waals surface area contributed by atoms with Gasteiger partial charge in [-0.3, -0.25) is 9.59 Å². The minimum Gasteiger partial charge on any atom is -0.465 e. The molecule has 1 aliphatic rings. The van der Waals surface area contributed by atoms with Crippen molar-refractivity contribution in [1.29, 1.82) is 0 Å². The summed E-state index contributed by atoms with van der Waals surface area (Å²) >= 11 is 0. The molecule has 134 valence electrons. The molecule has 8 heteroatoms. The summed E-state index contributed by atoms with van der Waals surface area (Å²) in [5.74, 6) is -0.952. The van der Waals surface area contributed by atoms with E-state index in [9.17, 15) is 19.2 Å². The first kappa shape index (κ1) is 18.4. The van der Waals surface area contributed by atoms with E-state index in [0.29, 0.717) is 12.8 Å². The van der Waals surface area contributed by atoms with E-state index in [1.807, 2.05) is 30.3 Å². The van der Waals surface area contributed by atoms with Gasteiger partial charge in [-0.2, -0.15) is 0 Å². The molecule has 0 spiro atoms. The predicted octanol–water partition coefficient (Wildman–Crippen LogP) is 1.93. The van der Waals surface area contributed by atoms with Gasteiger partial charge in [0.15, 0.2) is 0 Å². The number of ketones is 1. The summed E-state index contributed by atoms with van der Waals surface area (Å²) in [6.07, 6.45) is -1.53. The molecule has 1 aliphatic heterocycles. The van der Waals surface area contributed by atoms with Crippen LogP contribution in [0, 0.1) is 0 Å². The second kappa shape index (κ2) is 8.81. The minimum absolute atomic E-state index is 0.0243. The molecule has 1 aromatic carbocycles. The van der Waals surface area contributed by atoms with Crippen molar-refractivity contribution in [3.05, 3.63) is 35.9 Å². The third kappa shape index (κ3) is 5.59. The van der Waals surface area contributed by atoms with Gasteiger partial charge in [0.1, 0.15) is 12.4 Å². The number of nitrogens with one attached hydrogen (secondary N) is 1. The van der Waals surface area contributed by atoms with E-state index in [4.69, 9.17) is 9.84 Å². The molecule has 2 N–H and O–H groups in total. The minimum atomic E-state index is -1.35. The number of carbonyl (C=O) groups excluding carboxylic acids is 3. The van der Waals surface area contributed by atoms with Gasteiger partial charge in [-0.25, -0.2) is 14.5 Å². The van der Waals surface area contributed by atoms with Crippen LogP contribution in [0.4, 0.5) is 9.59 Å². The normalized spacial score (nSPS) is 17.3. The van der Waals surface area contributed by atoms with E-state index in [1.54, 1.807) is 0 Å². The molecule has 1 heterocycles. The number of carboxylic acid groups (broad SMARTS) is 1. The van der Waals surface area contributed by atoms with Gasteiger partial charge >= 0.3 is 12.2 Å². The summed E-state index contributed by atoms with van der Waals surface area (Å²) in [4.78, 5) is 46.6. The maximum absolute atomic E-state index is 11.7. The molecule has 2 rings (SSSR count). The molecule has 0 aromatic heterocycles. The third-order valence-electron chi connectivity index (χ3n) is 3.85. The van der Waals surface area contributed by atoms with Crippen molar-refractivity contribution in [2.45, 2.75) is 38.3 Å². The highest BCUT2D eigenvalue weighted by atomic mass is 16.5. The van der Waals surface area contributed by atoms with E-state index in [2.05, 4.69) is 5.32 Å². The van der Waals surface area contributed by atoms with Crippen LogP contribution >= 0.6 is 0 Å². The molecule has 1 aromatic rings. The lowest BCUT2D eigenvalue weighted by Crippen LogP contribution is -2.49. The Labute approximate surface area is 144 Å². The van der Waals surface area contributed by atoms with Gasteiger partial charge in [-0.1, -0.05) is 30.3 Å². The summed E-state index contributed by atoms with van der Waals surface area (Å²) in [5.41, 5.74) is 0.869. The van der Waals surface area contributed by atoms with Gasteiger partial charge in [-0.15, -0.1) is 0 Å². The number of Topliss-reactive ketones (excluding diaryl/α,β-unsaturated/α-hetero) is 1. The Balaban J connectivity index is 1.70. The Kier molecular flexibility index (Phi) is 6.50. The molecule has 0 saturated carbocycles. The lowest BCUT2D eigenvalue weighted by molar-refractivity contribution is -0.140. The Morgan fingerprint density at radius 2 is 1.96 bits per heavy atom. The molecular weight excluding hydrogens is 328 g/mol. The van der Waals surface area contributed by atoms with Crippen molar-refractivity contribution in [1.82, 2.24) is 10.2 Å². The molecule has 0 bridgehead atoms. The molecule has 8 nitrogen and oxygen atoms in total. The fourth-order valence-corrected chi connectivity index (χ4v) is 2.68. The van der Waals surface area contributed by atoms with Crippen LogP contribution in [0.15, 0.2) is 30.3 Å². The molecule has 3 amide bonds. The first-order valence-corrected chi connectivity index (χ1v) is 7.98. The topological polar surface area (TPSA) is 113 Å². The molecule has 0 radical (unpaired) electrons. The van der Waals surface area contributed by atoms with E-state index >= 15 is 0 Å². The van der Waals surface area contributed by atoms with Gasteiger partial charge in [0.2, 0.25) is 5.91 Å². The van der Waals surface area contributed by atoms with E-state index in [1.165, 1.54) is 0 Å². The molecule has 25 heavy (non-hydrogen) atoms. The molecule has 1 saturated heterocycles. The zero-order valence-electron chi connectivity index (χ0n) is 13.6. The van der Waals surface area contributed by atoms with Crippen LogP contribution in [-0.4, -0.2) is 46.5 Å². The zero-order chi connectivity index (χ0) is 18.2. The smallest absolute Gasteiger partial charge is 0.414 e. The van der Waals surface area contributed by atoms with Crippen molar-refractivity contribution in [2.24, 2.45) is 0 Å². The van der Waals surface area contributed by atoms with Crippen LogP contribution in [0.5, 0.6) is 0 Å².